The molecule has 0 saturated carbocycles. The first-order chi connectivity index (χ1) is 27.1. The summed E-state index contributed by atoms with van der Waals surface area (Å²) in [5, 5.41) is 7.90. The average Bonchev–Trinajstić information content (AvgIpc) is 3.78. The third-order valence-corrected chi connectivity index (χ3v) is 11.1. The summed E-state index contributed by atoms with van der Waals surface area (Å²) in [6.07, 6.45) is 4.35. The van der Waals surface area contributed by atoms with Crippen molar-refractivity contribution in [2.24, 2.45) is 11.3 Å². The van der Waals surface area contributed by atoms with E-state index in [1.54, 1.807) is 29.9 Å². The number of carbonyl (C=O) groups is 5. The Morgan fingerprint density at radius 3 is 2.51 bits per heavy atom. The van der Waals surface area contributed by atoms with E-state index in [4.69, 9.17) is 14.5 Å². The van der Waals surface area contributed by atoms with Crippen LogP contribution in [0.1, 0.15) is 88.5 Å². The number of rotatable bonds is 16. The monoisotopic (exact) mass is 801 g/mol. The Morgan fingerprint density at radius 2 is 1.88 bits per heavy atom. The zero-order valence-corrected chi connectivity index (χ0v) is 35.2. The first kappa shape index (κ1) is 43.1. The number of esters is 1. The van der Waals surface area contributed by atoms with E-state index in [0.717, 1.165) is 34.9 Å². The average molecular weight is 802 g/mol. The molecule has 306 valence electrons. The van der Waals surface area contributed by atoms with Gasteiger partial charge in [-0.15, -0.1) is 11.3 Å². The summed E-state index contributed by atoms with van der Waals surface area (Å²) in [7, 11) is 3.17. The molecular weight excluding hydrogens is 747 g/mol. The van der Waals surface area contributed by atoms with Crippen LogP contribution in [0.3, 0.4) is 0 Å². The molecule has 15 heteroatoms. The maximum Gasteiger partial charge on any atom is 0.302 e. The van der Waals surface area contributed by atoms with Crippen LogP contribution in [0.2, 0.25) is 0 Å². The molecule has 3 unspecified atom stereocenters. The lowest BCUT2D eigenvalue weighted by molar-refractivity contribution is -0.144. The van der Waals surface area contributed by atoms with Crippen molar-refractivity contribution in [3.05, 3.63) is 58.2 Å². The normalized spacial score (nSPS) is 14.9. The van der Waals surface area contributed by atoms with Crippen LogP contribution in [-0.4, -0.2) is 100 Å². The van der Waals surface area contributed by atoms with E-state index in [-0.39, 0.29) is 42.8 Å². The van der Waals surface area contributed by atoms with Crippen molar-refractivity contribution in [2.75, 3.05) is 33.9 Å². The molecule has 1 aromatic carbocycles. The number of thiazole rings is 1. The predicted octanol–water partition coefficient (Wildman–Crippen LogP) is 5.59. The molecule has 5 rings (SSSR count). The number of aromatic nitrogens is 3. The van der Waals surface area contributed by atoms with Crippen LogP contribution in [0.5, 0.6) is 0 Å². The van der Waals surface area contributed by atoms with E-state index >= 15 is 0 Å². The lowest BCUT2D eigenvalue weighted by atomic mass is 9.84. The third-order valence-electron chi connectivity index (χ3n) is 10.3. The van der Waals surface area contributed by atoms with Gasteiger partial charge in [-0.25, -0.2) is 10.4 Å². The topological polar surface area (TPSA) is 165 Å². The molecule has 1 saturated heterocycles. The van der Waals surface area contributed by atoms with Gasteiger partial charge in [0.25, 0.3) is 5.91 Å². The third kappa shape index (κ3) is 9.94. The largest absolute Gasteiger partial charge is 0.465 e. The summed E-state index contributed by atoms with van der Waals surface area (Å²) in [5.41, 5.74) is 7.83. The summed E-state index contributed by atoms with van der Waals surface area (Å²) in [5.74, 6) is -1.42. The SMILES string of the molecule is COC(C)c1ncccc1-c1c(CC(C)(C)COC(C)=O)c2cc(-c3csc(CC(NC(=O)C(C(C)C)N(C)C=O)C(=O)N4CCCCN4)n3)ccc2n1C(C)=O. The highest BCUT2D eigenvalue weighted by molar-refractivity contribution is 7.10. The summed E-state index contributed by atoms with van der Waals surface area (Å²) in [4.78, 5) is 75.6. The maximum absolute atomic E-state index is 13.9. The van der Waals surface area contributed by atoms with Crippen molar-refractivity contribution < 1.29 is 33.4 Å². The number of carbonyl (C=O) groups excluding carboxylic acids is 5. The van der Waals surface area contributed by atoms with Gasteiger partial charge < -0.3 is 19.7 Å². The van der Waals surface area contributed by atoms with Crippen LogP contribution in [0, 0.1) is 11.3 Å². The molecular formula is C42H55N7O7S. The molecule has 3 aromatic heterocycles. The van der Waals surface area contributed by atoms with Gasteiger partial charge in [-0.3, -0.25) is 38.5 Å². The second-order valence-corrected chi connectivity index (χ2v) is 16.7. The number of methoxy groups -OCH3 is 1. The number of pyridine rings is 1. The molecule has 3 atom stereocenters. The van der Waals surface area contributed by atoms with Crippen molar-refractivity contribution in [3.8, 4) is 22.5 Å². The van der Waals surface area contributed by atoms with E-state index in [1.807, 2.05) is 70.3 Å². The van der Waals surface area contributed by atoms with Crippen molar-refractivity contribution in [3.63, 3.8) is 0 Å². The van der Waals surface area contributed by atoms with Crippen LogP contribution in [0.4, 0.5) is 0 Å². The standard InChI is InChI=1S/C42H55N7O7S/c1-25(2)38(47(8)24-50)40(53)46-33(41(54)48-18-11-10-17-44-48)20-36-45-34(22-57-36)29-14-15-35-31(19-29)32(21-42(6,7)23-56-28(5)52)39(49(35)27(4)51)30-13-12-16-43-37(30)26(3)55-9/h12-16,19,22,24-26,33,38,44H,10-11,17-18,20-21,23H2,1-9H3,(H,46,53). The number of amides is 3. The highest BCUT2D eigenvalue weighted by Crippen LogP contribution is 2.42. The number of ether oxygens (including phenoxy) is 2. The fourth-order valence-corrected chi connectivity index (χ4v) is 8.29. The Balaban J connectivity index is 1.59. The fraction of sp³-hybridized carbons (Fsp3) is 0.500. The second kappa shape index (κ2) is 18.5. The Hall–Kier alpha value is -4.99. The Bertz CT molecular complexity index is 2100. The van der Waals surface area contributed by atoms with E-state index < -0.39 is 23.4 Å². The van der Waals surface area contributed by atoms with Crippen molar-refractivity contribution in [1.29, 1.82) is 0 Å². The molecule has 0 aliphatic carbocycles. The molecule has 57 heavy (non-hydrogen) atoms. The van der Waals surface area contributed by atoms with Gasteiger partial charge in [0.05, 0.1) is 40.3 Å². The first-order valence-corrected chi connectivity index (χ1v) is 20.2. The zero-order valence-electron chi connectivity index (χ0n) is 34.4. The number of nitrogens with one attached hydrogen (secondary N) is 2. The molecule has 1 aliphatic rings. The quantitative estimate of drug-likeness (QED) is 0.108. The minimum absolute atomic E-state index is 0.146. The first-order valence-electron chi connectivity index (χ1n) is 19.3. The van der Waals surface area contributed by atoms with Crippen LogP contribution < -0.4 is 10.7 Å². The molecule has 4 aromatic rings. The number of benzene rings is 1. The Morgan fingerprint density at radius 1 is 1.12 bits per heavy atom. The van der Waals surface area contributed by atoms with Gasteiger partial charge in [-0.05, 0) is 61.9 Å². The fourth-order valence-electron chi connectivity index (χ4n) is 7.44. The predicted molar refractivity (Wildman–Crippen MR) is 219 cm³/mol. The van der Waals surface area contributed by atoms with Crippen LogP contribution >= 0.6 is 11.3 Å². The highest BCUT2D eigenvalue weighted by Gasteiger charge is 2.34. The number of fused-ring (bicyclic) bond motifs is 1. The molecule has 14 nitrogen and oxygen atoms in total. The smallest absolute Gasteiger partial charge is 0.302 e. The minimum atomic E-state index is -0.924. The van der Waals surface area contributed by atoms with Gasteiger partial charge in [0.15, 0.2) is 0 Å². The molecule has 0 radical (unpaired) electrons. The molecule has 1 fully saturated rings. The summed E-state index contributed by atoms with van der Waals surface area (Å²) in [6, 6.07) is 7.96. The second-order valence-electron chi connectivity index (χ2n) is 15.8. The molecule has 0 spiro atoms. The van der Waals surface area contributed by atoms with E-state index in [0.29, 0.717) is 53.5 Å². The Labute approximate surface area is 338 Å². The van der Waals surface area contributed by atoms with Crippen LogP contribution in [0.25, 0.3) is 33.4 Å². The van der Waals surface area contributed by atoms with E-state index in [1.165, 1.54) is 30.1 Å². The van der Waals surface area contributed by atoms with Gasteiger partial charge in [-0.2, -0.15) is 0 Å². The molecule has 1 aliphatic heterocycles. The number of nitrogens with zero attached hydrogens (tertiary/aromatic N) is 5. The number of likely N-dealkylation sites (N-methyl/N-ethyl adjacent to an activating group) is 1. The number of hydrogen-bond donors (Lipinski definition) is 2. The van der Waals surface area contributed by atoms with Gasteiger partial charge in [0, 0.05) is 81.0 Å². The maximum atomic E-state index is 13.9. The summed E-state index contributed by atoms with van der Waals surface area (Å²) < 4.78 is 12.9. The van der Waals surface area contributed by atoms with Crippen LogP contribution in [-0.2, 0) is 41.5 Å². The van der Waals surface area contributed by atoms with E-state index in [2.05, 4.69) is 15.7 Å². The van der Waals surface area contributed by atoms with Gasteiger partial charge in [0.1, 0.15) is 12.1 Å². The van der Waals surface area contributed by atoms with Gasteiger partial charge in [0.2, 0.25) is 18.2 Å². The molecule has 4 heterocycles. The van der Waals surface area contributed by atoms with Crippen molar-refractivity contribution >= 4 is 52.3 Å². The lowest BCUT2D eigenvalue weighted by Gasteiger charge is -2.33. The summed E-state index contributed by atoms with van der Waals surface area (Å²) >= 11 is 1.39. The van der Waals surface area contributed by atoms with Crippen molar-refractivity contribution in [1.82, 2.24) is 35.2 Å². The number of hydrazine groups is 1. The van der Waals surface area contributed by atoms with Gasteiger partial charge >= 0.3 is 5.97 Å². The number of hydrogen-bond acceptors (Lipinski definition) is 11. The van der Waals surface area contributed by atoms with E-state index in [9.17, 15) is 24.0 Å². The molecule has 0 bridgehead atoms. The van der Waals surface area contributed by atoms with Crippen LogP contribution in [0.15, 0.2) is 41.9 Å². The zero-order chi connectivity index (χ0) is 41.6. The summed E-state index contributed by atoms with van der Waals surface area (Å²) in [6.45, 7) is 13.9. The molecule has 2 N–H and O–H groups in total. The Kier molecular flexibility index (Phi) is 14.0. The lowest BCUT2D eigenvalue weighted by Crippen LogP contribution is -2.58. The van der Waals surface area contributed by atoms with Crippen molar-refractivity contribution in [2.45, 2.75) is 92.3 Å². The highest BCUT2D eigenvalue weighted by atomic mass is 32.1. The van der Waals surface area contributed by atoms with Gasteiger partial charge in [-0.1, -0.05) is 33.8 Å². The molecule has 3 amide bonds. The minimum Gasteiger partial charge on any atom is -0.465 e.